The predicted octanol–water partition coefficient (Wildman–Crippen LogP) is 2.23. The lowest BCUT2D eigenvalue weighted by molar-refractivity contribution is -0.117. The number of nitrogens with zero attached hydrogens (tertiary/aromatic N) is 3. The molecule has 0 fully saturated rings. The van der Waals surface area contributed by atoms with Crippen LogP contribution in [-0.2, 0) is 24.2 Å². The van der Waals surface area contributed by atoms with Crippen molar-refractivity contribution in [2.75, 3.05) is 45.8 Å². The molecule has 2 heterocycles. The zero-order valence-corrected chi connectivity index (χ0v) is 17.8. The Morgan fingerprint density at radius 2 is 1.73 bits per heavy atom. The molecule has 4 rings (SSSR count). The third kappa shape index (κ3) is 3.79. The van der Waals surface area contributed by atoms with Gasteiger partial charge in [0.25, 0.3) is 0 Å². The Morgan fingerprint density at radius 3 is 2.47 bits per heavy atom. The van der Waals surface area contributed by atoms with Gasteiger partial charge < -0.3 is 24.6 Å². The van der Waals surface area contributed by atoms with E-state index in [0.717, 1.165) is 49.1 Å². The number of carbonyl (C=O) groups excluding carboxylic acids is 1. The maximum absolute atomic E-state index is 12.8. The molecule has 158 valence electrons. The SMILES string of the molecule is CN=C(NCC(=O)N1CCc2ccccc21)N1CCc2cc(OC)c(OC)cc2C1. The molecule has 0 unspecified atom stereocenters. The van der Waals surface area contributed by atoms with Gasteiger partial charge >= 0.3 is 0 Å². The highest BCUT2D eigenvalue weighted by atomic mass is 16.5. The molecule has 0 atom stereocenters. The van der Waals surface area contributed by atoms with E-state index in [2.05, 4.69) is 27.3 Å². The number of hydrogen-bond acceptors (Lipinski definition) is 4. The van der Waals surface area contributed by atoms with E-state index in [-0.39, 0.29) is 12.5 Å². The first-order valence-electron chi connectivity index (χ1n) is 10.2. The van der Waals surface area contributed by atoms with Gasteiger partial charge in [0.05, 0.1) is 20.8 Å². The van der Waals surface area contributed by atoms with Crippen molar-refractivity contribution in [2.24, 2.45) is 4.99 Å². The van der Waals surface area contributed by atoms with E-state index in [9.17, 15) is 4.79 Å². The predicted molar refractivity (Wildman–Crippen MR) is 118 cm³/mol. The number of amides is 1. The normalized spacial score (nSPS) is 15.5. The highest BCUT2D eigenvalue weighted by molar-refractivity contribution is 5.98. The maximum atomic E-state index is 12.8. The number of rotatable bonds is 4. The lowest BCUT2D eigenvalue weighted by atomic mass is 9.99. The number of guanidine groups is 1. The van der Waals surface area contributed by atoms with Gasteiger partial charge in [-0.3, -0.25) is 9.79 Å². The fourth-order valence-corrected chi connectivity index (χ4v) is 4.24. The fourth-order valence-electron chi connectivity index (χ4n) is 4.24. The molecule has 1 amide bonds. The van der Waals surface area contributed by atoms with Crippen LogP contribution in [0.5, 0.6) is 11.5 Å². The van der Waals surface area contributed by atoms with Crippen LogP contribution in [0, 0.1) is 0 Å². The molecule has 0 aliphatic carbocycles. The van der Waals surface area contributed by atoms with Gasteiger partial charge in [0.1, 0.15) is 0 Å². The number of carbonyl (C=O) groups is 1. The third-order valence-electron chi connectivity index (χ3n) is 5.82. The number of benzene rings is 2. The van der Waals surface area contributed by atoms with Crippen molar-refractivity contribution in [3.63, 3.8) is 0 Å². The number of anilines is 1. The molecule has 0 spiro atoms. The Morgan fingerprint density at radius 1 is 1.03 bits per heavy atom. The Balaban J connectivity index is 1.41. The van der Waals surface area contributed by atoms with E-state index in [4.69, 9.17) is 9.47 Å². The lowest BCUT2D eigenvalue weighted by Gasteiger charge is -2.32. The van der Waals surface area contributed by atoms with Gasteiger partial charge in [-0.25, -0.2) is 0 Å². The van der Waals surface area contributed by atoms with Crippen LogP contribution in [0.2, 0.25) is 0 Å². The third-order valence-corrected chi connectivity index (χ3v) is 5.82. The molecule has 0 bridgehead atoms. The number of nitrogens with one attached hydrogen (secondary N) is 1. The van der Waals surface area contributed by atoms with Crippen molar-refractivity contribution in [3.8, 4) is 11.5 Å². The molecular formula is C23H28N4O3. The molecule has 2 aromatic rings. The number of fused-ring (bicyclic) bond motifs is 2. The number of para-hydroxylation sites is 1. The summed E-state index contributed by atoms with van der Waals surface area (Å²) >= 11 is 0. The van der Waals surface area contributed by atoms with E-state index >= 15 is 0 Å². The van der Waals surface area contributed by atoms with Gasteiger partial charge in [-0.05, 0) is 47.7 Å². The molecule has 0 saturated carbocycles. The molecule has 0 saturated heterocycles. The summed E-state index contributed by atoms with van der Waals surface area (Å²) in [5.41, 5.74) is 4.69. The van der Waals surface area contributed by atoms with E-state index in [1.807, 2.05) is 29.2 Å². The summed E-state index contributed by atoms with van der Waals surface area (Å²) in [5, 5.41) is 3.26. The van der Waals surface area contributed by atoms with Gasteiger partial charge in [0.2, 0.25) is 5.91 Å². The van der Waals surface area contributed by atoms with E-state index in [1.54, 1.807) is 21.3 Å². The molecule has 1 N–H and O–H groups in total. The molecule has 2 aliphatic heterocycles. The van der Waals surface area contributed by atoms with Crippen LogP contribution in [0.3, 0.4) is 0 Å². The summed E-state index contributed by atoms with van der Waals surface area (Å²) in [6.45, 7) is 2.48. The largest absolute Gasteiger partial charge is 0.493 e. The van der Waals surface area contributed by atoms with Gasteiger partial charge in [-0.1, -0.05) is 18.2 Å². The van der Waals surface area contributed by atoms with Gasteiger partial charge in [-0.15, -0.1) is 0 Å². The highest BCUT2D eigenvalue weighted by Crippen LogP contribution is 2.33. The second kappa shape index (κ2) is 8.65. The molecule has 0 radical (unpaired) electrons. The lowest BCUT2D eigenvalue weighted by Crippen LogP contribution is -2.47. The van der Waals surface area contributed by atoms with Gasteiger partial charge in [0.15, 0.2) is 17.5 Å². The summed E-state index contributed by atoms with van der Waals surface area (Å²) in [6.07, 6.45) is 1.79. The minimum atomic E-state index is 0.0601. The molecule has 7 nitrogen and oxygen atoms in total. The average Bonchev–Trinajstić information content (AvgIpc) is 3.22. The minimum Gasteiger partial charge on any atom is -0.493 e. The quantitative estimate of drug-likeness (QED) is 0.621. The van der Waals surface area contributed by atoms with Crippen molar-refractivity contribution in [1.29, 1.82) is 0 Å². The summed E-state index contributed by atoms with van der Waals surface area (Å²) in [6, 6.07) is 12.2. The van der Waals surface area contributed by atoms with Crippen LogP contribution < -0.4 is 19.7 Å². The summed E-state index contributed by atoms with van der Waals surface area (Å²) < 4.78 is 10.9. The monoisotopic (exact) mass is 408 g/mol. The number of aliphatic imine (C=N–C) groups is 1. The van der Waals surface area contributed by atoms with Crippen LogP contribution in [0.25, 0.3) is 0 Å². The van der Waals surface area contributed by atoms with Gasteiger partial charge in [0, 0.05) is 32.4 Å². The van der Waals surface area contributed by atoms with Crippen molar-refractivity contribution >= 4 is 17.6 Å². The standard InChI is InChI=1S/C23H28N4O3/c1-24-23(25-14-22(28)27-11-9-16-6-4-5-7-19(16)27)26-10-8-17-12-20(29-2)21(30-3)13-18(17)15-26/h4-7,12-13H,8-11,14-15H2,1-3H3,(H,24,25). The van der Waals surface area contributed by atoms with Crippen LogP contribution in [0.15, 0.2) is 41.4 Å². The number of hydrogen-bond donors (Lipinski definition) is 1. The first-order valence-corrected chi connectivity index (χ1v) is 10.2. The summed E-state index contributed by atoms with van der Waals surface area (Å²) in [7, 11) is 5.05. The molecule has 2 aromatic carbocycles. The Hall–Kier alpha value is -3.22. The van der Waals surface area contributed by atoms with Crippen molar-refractivity contribution in [3.05, 3.63) is 53.1 Å². The Kier molecular flexibility index (Phi) is 5.79. The summed E-state index contributed by atoms with van der Waals surface area (Å²) in [4.78, 5) is 21.3. The maximum Gasteiger partial charge on any atom is 0.246 e. The van der Waals surface area contributed by atoms with Gasteiger partial charge in [-0.2, -0.15) is 0 Å². The molecule has 0 aromatic heterocycles. The fraction of sp³-hybridized carbons (Fsp3) is 0.391. The first kappa shape index (κ1) is 20.1. The molecule has 30 heavy (non-hydrogen) atoms. The molecular weight excluding hydrogens is 380 g/mol. The number of ether oxygens (including phenoxy) is 2. The van der Waals surface area contributed by atoms with Crippen molar-refractivity contribution in [1.82, 2.24) is 10.2 Å². The Bertz CT molecular complexity index is 973. The number of methoxy groups -OCH3 is 2. The van der Waals surface area contributed by atoms with E-state index in [0.29, 0.717) is 6.54 Å². The average molecular weight is 409 g/mol. The minimum absolute atomic E-state index is 0.0601. The Labute approximate surface area is 177 Å². The van der Waals surface area contributed by atoms with Crippen LogP contribution in [0.1, 0.15) is 16.7 Å². The van der Waals surface area contributed by atoms with Crippen molar-refractivity contribution < 1.29 is 14.3 Å². The zero-order valence-electron chi connectivity index (χ0n) is 17.8. The van der Waals surface area contributed by atoms with Crippen LogP contribution in [-0.4, -0.2) is 57.7 Å². The second-order valence-corrected chi connectivity index (χ2v) is 7.47. The summed E-state index contributed by atoms with van der Waals surface area (Å²) in [5.74, 6) is 2.27. The second-order valence-electron chi connectivity index (χ2n) is 7.47. The van der Waals surface area contributed by atoms with Crippen LogP contribution in [0.4, 0.5) is 5.69 Å². The zero-order chi connectivity index (χ0) is 21.1. The highest BCUT2D eigenvalue weighted by Gasteiger charge is 2.26. The topological polar surface area (TPSA) is 66.4 Å². The smallest absolute Gasteiger partial charge is 0.246 e. The van der Waals surface area contributed by atoms with E-state index in [1.165, 1.54) is 16.7 Å². The van der Waals surface area contributed by atoms with Crippen molar-refractivity contribution in [2.45, 2.75) is 19.4 Å². The van der Waals surface area contributed by atoms with E-state index < -0.39 is 0 Å². The van der Waals surface area contributed by atoms with Crippen LogP contribution >= 0.6 is 0 Å². The molecule has 2 aliphatic rings. The first-order chi connectivity index (χ1) is 14.6. The molecule has 7 heteroatoms.